The van der Waals surface area contributed by atoms with Crippen LogP contribution in [0.1, 0.15) is 17.2 Å². The Hall–Kier alpha value is -3.35. The van der Waals surface area contributed by atoms with Crippen molar-refractivity contribution in [2.75, 3.05) is 13.7 Å². The SMILES string of the molecule is COc1ccc([C@H]2NC(=O)NC3=C2C(=O)N(Cc2ccc(F)cc2)C3)cc1. The molecule has 3 amide bonds. The monoisotopic (exact) mass is 367 g/mol. The van der Waals surface area contributed by atoms with Crippen LogP contribution in [0.3, 0.4) is 0 Å². The zero-order valence-corrected chi connectivity index (χ0v) is 14.7. The molecule has 4 rings (SSSR count). The summed E-state index contributed by atoms with van der Waals surface area (Å²) in [7, 11) is 1.58. The normalized spacial score (nSPS) is 18.9. The van der Waals surface area contributed by atoms with Gasteiger partial charge in [0, 0.05) is 6.54 Å². The van der Waals surface area contributed by atoms with Crippen LogP contribution in [-0.2, 0) is 11.3 Å². The molecule has 0 radical (unpaired) electrons. The highest BCUT2D eigenvalue weighted by atomic mass is 19.1. The number of methoxy groups -OCH3 is 1. The molecule has 0 spiro atoms. The quantitative estimate of drug-likeness (QED) is 0.872. The second-order valence-electron chi connectivity index (χ2n) is 6.48. The Balaban J connectivity index is 1.60. The van der Waals surface area contributed by atoms with E-state index in [1.807, 2.05) is 12.1 Å². The molecule has 2 aromatic carbocycles. The zero-order chi connectivity index (χ0) is 19.0. The molecular formula is C20H18FN3O3. The van der Waals surface area contributed by atoms with Gasteiger partial charge in [-0.05, 0) is 35.4 Å². The number of carbonyl (C=O) groups is 2. The molecule has 7 heteroatoms. The molecule has 0 aliphatic carbocycles. The number of nitrogens with zero attached hydrogens (tertiary/aromatic N) is 1. The molecular weight excluding hydrogens is 349 g/mol. The van der Waals surface area contributed by atoms with Crippen molar-refractivity contribution in [3.05, 3.63) is 76.7 Å². The molecule has 27 heavy (non-hydrogen) atoms. The molecule has 2 aliphatic heterocycles. The van der Waals surface area contributed by atoms with Gasteiger partial charge in [0.05, 0.1) is 31.0 Å². The van der Waals surface area contributed by atoms with E-state index < -0.39 is 6.04 Å². The number of carbonyl (C=O) groups excluding carboxylic acids is 2. The van der Waals surface area contributed by atoms with Gasteiger partial charge < -0.3 is 20.3 Å². The second-order valence-corrected chi connectivity index (χ2v) is 6.48. The van der Waals surface area contributed by atoms with Crippen molar-refractivity contribution >= 4 is 11.9 Å². The maximum absolute atomic E-state index is 13.1. The van der Waals surface area contributed by atoms with E-state index in [9.17, 15) is 14.0 Å². The molecule has 0 saturated carbocycles. The van der Waals surface area contributed by atoms with E-state index in [0.717, 1.165) is 11.1 Å². The summed E-state index contributed by atoms with van der Waals surface area (Å²) in [5.74, 6) is 0.228. The van der Waals surface area contributed by atoms with Crippen molar-refractivity contribution in [2.45, 2.75) is 12.6 Å². The minimum Gasteiger partial charge on any atom is -0.497 e. The van der Waals surface area contributed by atoms with E-state index in [4.69, 9.17) is 4.74 Å². The summed E-state index contributed by atoms with van der Waals surface area (Å²) >= 11 is 0. The number of benzene rings is 2. The third-order valence-corrected chi connectivity index (χ3v) is 4.76. The van der Waals surface area contributed by atoms with Crippen LogP contribution in [0.5, 0.6) is 5.75 Å². The van der Waals surface area contributed by atoms with Gasteiger partial charge in [-0.25, -0.2) is 9.18 Å². The standard InChI is InChI=1S/C20H18FN3O3/c1-27-15-8-4-13(5-9-15)18-17-16(22-20(26)23-18)11-24(19(17)25)10-12-2-6-14(21)7-3-12/h2-9,18H,10-11H2,1H3,(H2,22,23,26)/t18-/m1/s1. The summed E-state index contributed by atoms with van der Waals surface area (Å²) in [6.07, 6.45) is 0. The van der Waals surface area contributed by atoms with Crippen LogP contribution in [0.2, 0.25) is 0 Å². The van der Waals surface area contributed by atoms with Crippen LogP contribution >= 0.6 is 0 Å². The molecule has 2 heterocycles. The van der Waals surface area contributed by atoms with E-state index in [2.05, 4.69) is 10.6 Å². The summed E-state index contributed by atoms with van der Waals surface area (Å²) in [6.45, 7) is 0.656. The van der Waals surface area contributed by atoms with E-state index in [1.54, 1.807) is 36.3 Å². The van der Waals surface area contributed by atoms with Crippen molar-refractivity contribution in [1.82, 2.24) is 15.5 Å². The highest BCUT2D eigenvalue weighted by Crippen LogP contribution is 2.33. The van der Waals surface area contributed by atoms with Crippen LogP contribution in [0, 0.1) is 5.82 Å². The van der Waals surface area contributed by atoms with Gasteiger partial charge in [0.25, 0.3) is 5.91 Å². The first kappa shape index (κ1) is 17.1. The van der Waals surface area contributed by atoms with Crippen LogP contribution < -0.4 is 15.4 Å². The first-order valence-corrected chi connectivity index (χ1v) is 8.53. The van der Waals surface area contributed by atoms with E-state index >= 15 is 0 Å². The number of nitrogens with one attached hydrogen (secondary N) is 2. The van der Waals surface area contributed by atoms with Gasteiger partial charge in [-0.1, -0.05) is 24.3 Å². The van der Waals surface area contributed by atoms with E-state index in [1.165, 1.54) is 12.1 Å². The fraction of sp³-hybridized carbons (Fsp3) is 0.200. The molecule has 0 fully saturated rings. The van der Waals surface area contributed by atoms with Crippen molar-refractivity contribution in [3.8, 4) is 5.75 Å². The Morgan fingerprint density at radius 2 is 1.81 bits per heavy atom. The molecule has 6 nitrogen and oxygen atoms in total. The van der Waals surface area contributed by atoms with E-state index in [-0.39, 0.29) is 17.8 Å². The predicted molar refractivity (Wildman–Crippen MR) is 96.2 cm³/mol. The number of hydrogen-bond acceptors (Lipinski definition) is 3. The van der Waals surface area contributed by atoms with Crippen molar-refractivity contribution in [3.63, 3.8) is 0 Å². The number of amides is 3. The smallest absolute Gasteiger partial charge is 0.319 e. The predicted octanol–water partition coefficient (Wildman–Crippen LogP) is 2.48. The number of rotatable bonds is 4. The Morgan fingerprint density at radius 1 is 1.11 bits per heavy atom. The van der Waals surface area contributed by atoms with E-state index in [0.29, 0.717) is 30.1 Å². The van der Waals surface area contributed by atoms with Crippen molar-refractivity contribution in [1.29, 1.82) is 0 Å². The lowest BCUT2D eigenvalue weighted by molar-refractivity contribution is -0.126. The minimum absolute atomic E-state index is 0.150. The third-order valence-electron chi connectivity index (χ3n) is 4.76. The van der Waals surface area contributed by atoms with Gasteiger partial charge in [-0.15, -0.1) is 0 Å². The average Bonchev–Trinajstić information content (AvgIpc) is 2.98. The lowest BCUT2D eigenvalue weighted by Gasteiger charge is -2.25. The first-order valence-electron chi connectivity index (χ1n) is 8.53. The Bertz CT molecular complexity index is 922. The maximum atomic E-state index is 13.1. The molecule has 2 N–H and O–H groups in total. The summed E-state index contributed by atoms with van der Waals surface area (Å²) in [5.41, 5.74) is 2.76. The Morgan fingerprint density at radius 3 is 2.48 bits per heavy atom. The number of ether oxygens (including phenoxy) is 1. The van der Waals surface area contributed by atoms with Crippen molar-refractivity contribution in [2.24, 2.45) is 0 Å². The number of urea groups is 1. The molecule has 138 valence electrons. The summed E-state index contributed by atoms with van der Waals surface area (Å²) in [4.78, 5) is 26.7. The molecule has 0 unspecified atom stereocenters. The minimum atomic E-state index is -0.523. The van der Waals surface area contributed by atoms with Gasteiger partial charge in [-0.3, -0.25) is 4.79 Å². The number of hydrogen-bond donors (Lipinski definition) is 2. The second kappa shape index (κ2) is 6.75. The number of halogens is 1. The van der Waals surface area contributed by atoms with Crippen LogP contribution in [0.15, 0.2) is 59.8 Å². The topological polar surface area (TPSA) is 70.7 Å². The van der Waals surface area contributed by atoms with Crippen LogP contribution in [0.25, 0.3) is 0 Å². The summed E-state index contributed by atoms with van der Waals surface area (Å²) in [6, 6.07) is 12.4. The van der Waals surface area contributed by atoms with Gasteiger partial charge in [-0.2, -0.15) is 0 Å². The van der Waals surface area contributed by atoms with Gasteiger partial charge in [0.2, 0.25) is 0 Å². The van der Waals surface area contributed by atoms with Gasteiger partial charge in [0.15, 0.2) is 0 Å². The fourth-order valence-corrected chi connectivity index (χ4v) is 3.41. The van der Waals surface area contributed by atoms with Crippen LogP contribution in [0.4, 0.5) is 9.18 Å². The lowest BCUT2D eigenvalue weighted by atomic mass is 9.96. The molecule has 0 bridgehead atoms. The molecule has 0 aromatic heterocycles. The van der Waals surface area contributed by atoms with Crippen molar-refractivity contribution < 1.29 is 18.7 Å². The Kier molecular flexibility index (Phi) is 4.27. The van der Waals surface area contributed by atoms with Gasteiger partial charge in [0.1, 0.15) is 11.6 Å². The molecule has 2 aromatic rings. The van der Waals surface area contributed by atoms with Gasteiger partial charge >= 0.3 is 6.03 Å². The van der Waals surface area contributed by atoms with Crippen LogP contribution in [-0.4, -0.2) is 30.5 Å². The summed E-state index contributed by atoms with van der Waals surface area (Å²) in [5, 5.41) is 5.56. The zero-order valence-electron chi connectivity index (χ0n) is 14.7. The Labute approximate surface area is 155 Å². The molecule has 2 aliphatic rings. The first-order chi connectivity index (χ1) is 13.0. The molecule has 1 atom stereocenters. The largest absolute Gasteiger partial charge is 0.497 e. The lowest BCUT2D eigenvalue weighted by Crippen LogP contribution is -2.44. The highest BCUT2D eigenvalue weighted by Gasteiger charge is 2.40. The molecule has 0 saturated heterocycles. The summed E-state index contributed by atoms with van der Waals surface area (Å²) < 4.78 is 18.3. The fourth-order valence-electron chi connectivity index (χ4n) is 3.41. The third kappa shape index (κ3) is 3.23. The maximum Gasteiger partial charge on any atom is 0.319 e. The highest BCUT2D eigenvalue weighted by molar-refractivity contribution is 6.01. The average molecular weight is 367 g/mol.